The molecule has 86 valence electrons. The SMILES string of the molecule is CCSCCCNCCc1ccc(Br)o1. The molecule has 1 N–H and O–H groups in total. The summed E-state index contributed by atoms with van der Waals surface area (Å²) >= 11 is 5.29. The molecule has 0 saturated heterocycles. The molecular formula is C11H18BrNOS. The Balaban J connectivity index is 1.93. The minimum atomic E-state index is 0.817. The van der Waals surface area contributed by atoms with Crippen LogP contribution in [0.2, 0.25) is 0 Å². The quantitative estimate of drug-likeness (QED) is 0.744. The van der Waals surface area contributed by atoms with E-state index in [0.29, 0.717) is 0 Å². The van der Waals surface area contributed by atoms with Gasteiger partial charge < -0.3 is 9.73 Å². The summed E-state index contributed by atoms with van der Waals surface area (Å²) in [6, 6.07) is 3.95. The average Bonchev–Trinajstić information content (AvgIpc) is 2.63. The van der Waals surface area contributed by atoms with Gasteiger partial charge in [-0.1, -0.05) is 6.92 Å². The van der Waals surface area contributed by atoms with E-state index in [9.17, 15) is 0 Å². The summed E-state index contributed by atoms with van der Waals surface area (Å²) in [4.78, 5) is 0. The highest BCUT2D eigenvalue weighted by atomic mass is 79.9. The van der Waals surface area contributed by atoms with E-state index >= 15 is 0 Å². The topological polar surface area (TPSA) is 25.2 Å². The number of halogens is 1. The highest BCUT2D eigenvalue weighted by Crippen LogP contribution is 2.13. The number of hydrogen-bond donors (Lipinski definition) is 1. The van der Waals surface area contributed by atoms with Crippen LogP contribution in [0.5, 0.6) is 0 Å². The molecule has 1 heterocycles. The zero-order chi connectivity index (χ0) is 10.9. The van der Waals surface area contributed by atoms with Crippen LogP contribution in [-0.4, -0.2) is 24.6 Å². The van der Waals surface area contributed by atoms with Gasteiger partial charge in [0.2, 0.25) is 0 Å². The van der Waals surface area contributed by atoms with Crippen LogP contribution in [0.4, 0.5) is 0 Å². The van der Waals surface area contributed by atoms with Gasteiger partial charge in [0.25, 0.3) is 0 Å². The predicted octanol–water partition coefficient (Wildman–Crippen LogP) is 3.32. The van der Waals surface area contributed by atoms with E-state index in [0.717, 1.165) is 29.9 Å². The van der Waals surface area contributed by atoms with Crippen molar-refractivity contribution in [3.63, 3.8) is 0 Å². The number of rotatable bonds is 8. The summed E-state index contributed by atoms with van der Waals surface area (Å²) in [5.74, 6) is 3.52. The van der Waals surface area contributed by atoms with Crippen LogP contribution in [0.15, 0.2) is 21.2 Å². The van der Waals surface area contributed by atoms with Gasteiger partial charge in [0.1, 0.15) is 5.76 Å². The van der Waals surface area contributed by atoms with E-state index < -0.39 is 0 Å². The van der Waals surface area contributed by atoms with Gasteiger partial charge in [-0.2, -0.15) is 11.8 Å². The summed E-state index contributed by atoms with van der Waals surface area (Å²) < 4.78 is 6.22. The first kappa shape index (κ1) is 13.1. The van der Waals surface area contributed by atoms with Crippen molar-refractivity contribution in [1.82, 2.24) is 5.32 Å². The second kappa shape index (κ2) is 8.25. The first-order valence-corrected chi connectivity index (χ1v) is 7.30. The van der Waals surface area contributed by atoms with Gasteiger partial charge in [-0.15, -0.1) is 0 Å². The van der Waals surface area contributed by atoms with Crippen LogP contribution in [0.3, 0.4) is 0 Å². The Morgan fingerprint density at radius 2 is 2.27 bits per heavy atom. The molecule has 0 radical (unpaired) electrons. The van der Waals surface area contributed by atoms with Crippen LogP contribution in [0.1, 0.15) is 19.1 Å². The summed E-state index contributed by atoms with van der Waals surface area (Å²) in [6.07, 6.45) is 2.22. The molecule has 0 aliphatic carbocycles. The van der Waals surface area contributed by atoms with Crippen molar-refractivity contribution < 1.29 is 4.42 Å². The Bertz CT molecular complexity index is 265. The van der Waals surface area contributed by atoms with E-state index in [4.69, 9.17) is 4.42 Å². The van der Waals surface area contributed by atoms with Gasteiger partial charge in [0.15, 0.2) is 4.67 Å². The molecule has 0 aliphatic rings. The van der Waals surface area contributed by atoms with Gasteiger partial charge in [0, 0.05) is 13.0 Å². The van der Waals surface area contributed by atoms with Crippen molar-refractivity contribution in [2.24, 2.45) is 0 Å². The molecule has 0 aliphatic heterocycles. The number of nitrogens with one attached hydrogen (secondary N) is 1. The maximum atomic E-state index is 5.40. The molecular weight excluding hydrogens is 274 g/mol. The van der Waals surface area contributed by atoms with Gasteiger partial charge in [-0.05, 0) is 52.5 Å². The third-order valence-electron chi connectivity index (χ3n) is 2.02. The second-order valence-electron chi connectivity index (χ2n) is 3.26. The van der Waals surface area contributed by atoms with Crippen molar-refractivity contribution in [2.75, 3.05) is 24.6 Å². The normalized spacial score (nSPS) is 10.8. The molecule has 0 fully saturated rings. The third kappa shape index (κ3) is 6.28. The fourth-order valence-electron chi connectivity index (χ4n) is 1.27. The molecule has 1 rings (SSSR count). The van der Waals surface area contributed by atoms with Crippen molar-refractivity contribution in [2.45, 2.75) is 19.8 Å². The van der Waals surface area contributed by atoms with Gasteiger partial charge in [-0.25, -0.2) is 0 Å². The first-order valence-electron chi connectivity index (χ1n) is 5.35. The molecule has 0 atom stereocenters. The Hall–Kier alpha value is 0.0700. The maximum Gasteiger partial charge on any atom is 0.169 e. The Morgan fingerprint density at radius 3 is 2.93 bits per heavy atom. The molecule has 0 bridgehead atoms. The molecule has 1 aromatic rings. The van der Waals surface area contributed by atoms with Crippen LogP contribution >= 0.6 is 27.7 Å². The molecule has 2 nitrogen and oxygen atoms in total. The largest absolute Gasteiger partial charge is 0.454 e. The lowest BCUT2D eigenvalue weighted by molar-refractivity contribution is 0.479. The molecule has 0 saturated carbocycles. The molecule has 0 spiro atoms. The fraction of sp³-hybridized carbons (Fsp3) is 0.636. The van der Waals surface area contributed by atoms with E-state index in [1.165, 1.54) is 17.9 Å². The predicted molar refractivity (Wildman–Crippen MR) is 70.6 cm³/mol. The monoisotopic (exact) mass is 291 g/mol. The first-order chi connectivity index (χ1) is 7.33. The summed E-state index contributed by atoms with van der Waals surface area (Å²) in [7, 11) is 0. The van der Waals surface area contributed by atoms with Gasteiger partial charge >= 0.3 is 0 Å². The lowest BCUT2D eigenvalue weighted by atomic mass is 10.3. The molecule has 0 amide bonds. The van der Waals surface area contributed by atoms with Crippen LogP contribution < -0.4 is 5.32 Å². The third-order valence-corrected chi connectivity index (χ3v) is 3.44. The summed E-state index contributed by atoms with van der Waals surface area (Å²) in [6.45, 7) is 4.30. The van der Waals surface area contributed by atoms with Gasteiger partial charge in [0.05, 0.1) is 0 Å². The summed E-state index contributed by atoms with van der Waals surface area (Å²) in [5, 5.41) is 3.41. The minimum absolute atomic E-state index is 0.817. The maximum absolute atomic E-state index is 5.40. The van der Waals surface area contributed by atoms with E-state index in [1.807, 2.05) is 23.9 Å². The standard InChI is InChI=1S/C11H18BrNOS/c1-2-15-9-3-7-13-8-6-10-4-5-11(12)14-10/h4-5,13H,2-3,6-9H2,1H3. The van der Waals surface area contributed by atoms with E-state index in [-0.39, 0.29) is 0 Å². The Morgan fingerprint density at radius 1 is 1.40 bits per heavy atom. The van der Waals surface area contributed by atoms with Crippen LogP contribution in [-0.2, 0) is 6.42 Å². The highest BCUT2D eigenvalue weighted by Gasteiger charge is 1.98. The smallest absolute Gasteiger partial charge is 0.169 e. The molecule has 0 unspecified atom stereocenters. The number of furan rings is 1. The van der Waals surface area contributed by atoms with Crippen LogP contribution in [0.25, 0.3) is 0 Å². The minimum Gasteiger partial charge on any atom is -0.454 e. The second-order valence-corrected chi connectivity index (χ2v) is 5.43. The zero-order valence-corrected chi connectivity index (χ0v) is 11.5. The number of thioether (sulfide) groups is 1. The van der Waals surface area contributed by atoms with E-state index in [2.05, 4.69) is 28.2 Å². The van der Waals surface area contributed by atoms with Crippen molar-refractivity contribution in [1.29, 1.82) is 0 Å². The lowest BCUT2D eigenvalue weighted by Crippen LogP contribution is -2.18. The Labute approximate surface area is 104 Å². The Kier molecular flexibility index (Phi) is 7.22. The van der Waals surface area contributed by atoms with Crippen LogP contribution in [0, 0.1) is 0 Å². The average molecular weight is 292 g/mol. The summed E-state index contributed by atoms with van der Waals surface area (Å²) in [5.41, 5.74) is 0. The highest BCUT2D eigenvalue weighted by molar-refractivity contribution is 9.10. The molecule has 15 heavy (non-hydrogen) atoms. The van der Waals surface area contributed by atoms with Crippen molar-refractivity contribution in [3.8, 4) is 0 Å². The number of hydrogen-bond acceptors (Lipinski definition) is 3. The lowest BCUT2D eigenvalue weighted by Gasteiger charge is -2.02. The van der Waals surface area contributed by atoms with Gasteiger partial charge in [-0.3, -0.25) is 0 Å². The van der Waals surface area contributed by atoms with E-state index in [1.54, 1.807) is 0 Å². The fourth-order valence-corrected chi connectivity index (χ4v) is 2.24. The molecule has 4 heteroatoms. The molecule has 0 aromatic carbocycles. The van der Waals surface area contributed by atoms with Crippen molar-refractivity contribution >= 4 is 27.7 Å². The molecule has 1 aromatic heterocycles. The van der Waals surface area contributed by atoms with Crippen molar-refractivity contribution in [3.05, 3.63) is 22.6 Å². The zero-order valence-electron chi connectivity index (χ0n) is 9.09.